The van der Waals surface area contributed by atoms with Gasteiger partial charge in [0.25, 0.3) is 6.43 Å². The van der Waals surface area contributed by atoms with Crippen molar-refractivity contribution >= 4 is 28.8 Å². The normalized spacial score (nSPS) is 17.1. The first kappa shape index (κ1) is 20.4. The lowest BCUT2D eigenvalue weighted by molar-refractivity contribution is -0.117. The first-order chi connectivity index (χ1) is 15.2. The van der Waals surface area contributed by atoms with E-state index in [0.29, 0.717) is 34.8 Å². The maximum Gasteiger partial charge on any atom is 0.282 e. The van der Waals surface area contributed by atoms with Crippen molar-refractivity contribution in [2.45, 2.75) is 38.0 Å². The smallest absolute Gasteiger partial charge is 0.282 e. The van der Waals surface area contributed by atoms with Crippen molar-refractivity contribution in [1.29, 1.82) is 0 Å². The standard InChI is InChI=1S/C20H17ClF2N8O/c1-20(2)7-11(12-9-24-15-6-14(17(22)23)29-30(15)16(12)20)19(32)28-10-5-13(21)18(25-8-10)31-26-3-4-27-31/h3-6,8-9,11,17H,7H2,1-2H3,(H,28,32)/t11-/m1/s1. The van der Waals surface area contributed by atoms with Crippen molar-refractivity contribution in [3.05, 3.63) is 58.9 Å². The number of nitrogens with zero attached hydrogens (tertiary/aromatic N) is 7. The third-order valence-electron chi connectivity index (χ3n) is 5.50. The van der Waals surface area contributed by atoms with E-state index >= 15 is 0 Å². The molecular weight excluding hydrogens is 442 g/mol. The molecule has 0 aromatic carbocycles. The fourth-order valence-electron chi connectivity index (χ4n) is 4.16. The SMILES string of the molecule is CC1(C)C[C@@H](C(=O)Nc2cnc(-n3nccn3)c(Cl)c2)c2cnc3cc(C(F)F)nn3c21. The third-order valence-corrected chi connectivity index (χ3v) is 5.78. The Labute approximate surface area is 185 Å². The Balaban J connectivity index is 1.46. The van der Waals surface area contributed by atoms with E-state index in [0.717, 1.165) is 0 Å². The van der Waals surface area contributed by atoms with E-state index in [1.807, 2.05) is 13.8 Å². The molecular formula is C20H17ClF2N8O. The van der Waals surface area contributed by atoms with Crippen LogP contribution in [-0.4, -0.2) is 40.5 Å². The van der Waals surface area contributed by atoms with Gasteiger partial charge in [0.2, 0.25) is 5.91 Å². The molecule has 0 saturated heterocycles. The molecule has 0 aliphatic heterocycles. The number of alkyl halides is 2. The Morgan fingerprint density at radius 2 is 1.97 bits per heavy atom. The quantitative estimate of drug-likeness (QED) is 0.500. The highest BCUT2D eigenvalue weighted by Gasteiger charge is 2.43. The highest BCUT2D eigenvalue weighted by atomic mass is 35.5. The summed E-state index contributed by atoms with van der Waals surface area (Å²) in [6.45, 7) is 3.90. The lowest BCUT2D eigenvalue weighted by Gasteiger charge is -2.19. The molecule has 1 atom stereocenters. The fraction of sp³-hybridized carbons (Fsp3) is 0.300. The Bertz CT molecular complexity index is 1340. The summed E-state index contributed by atoms with van der Waals surface area (Å²) < 4.78 is 27.7. The van der Waals surface area contributed by atoms with Gasteiger partial charge in [-0.05, 0) is 12.5 Å². The van der Waals surface area contributed by atoms with Crippen LogP contribution in [0.4, 0.5) is 14.5 Å². The van der Waals surface area contributed by atoms with Gasteiger partial charge in [0.05, 0.1) is 40.9 Å². The number of hydrogen-bond acceptors (Lipinski definition) is 6. The van der Waals surface area contributed by atoms with Gasteiger partial charge in [-0.25, -0.2) is 23.3 Å². The summed E-state index contributed by atoms with van der Waals surface area (Å²) in [4.78, 5) is 22.9. The molecule has 9 nitrogen and oxygen atoms in total. The van der Waals surface area contributed by atoms with E-state index in [-0.39, 0.29) is 16.6 Å². The highest BCUT2D eigenvalue weighted by Crippen LogP contribution is 2.46. The Hall–Kier alpha value is -3.47. The number of rotatable bonds is 4. The van der Waals surface area contributed by atoms with E-state index in [1.165, 1.54) is 34.0 Å². The lowest BCUT2D eigenvalue weighted by Crippen LogP contribution is -2.21. The number of hydrogen-bond donors (Lipinski definition) is 1. The summed E-state index contributed by atoms with van der Waals surface area (Å²) in [6, 6.07) is 2.83. The van der Waals surface area contributed by atoms with Gasteiger partial charge in [0.15, 0.2) is 11.5 Å². The van der Waals surface area contributed by atoms with Crippen molar-refractivity contribution < 1.29 is 13.6 Å². The van der Waals surface area contributed by atoms with Gasteiger partial charge >= 0.3 is 0 Å². The van der Waals surface area contributed by atoms with Crippen molar-refractivity contribution in [2.75, 3.05) is 5.32 Å². The largest absolute Gasteiger partial charge is 0.324 e. The summed E-state index contributed by atoms with van der Waals surface area (Å²) >= 11 is 6.29. The van der Waals surface area contributed by atoms with Crippen molar-refractivity contribution in [3.8, 4) is 5.82 Å². The molecule has 0 fully saturated rings. The predicted molar refractivity (Wildman–Crippen MR) is 111 cm³/mol. The molecule has 4 heterocycles. The predicted octanol–water partition coefficient (Wildman–Crippen LogP) is 3.70. The highest BCUT2D eigenvalue weighted by molar-refractivity contribution is 6.32. The topological polar surface area (TPSA) is 103 Å². The van der Waals surface area contributed by atoms with Crippen LogP contribution >= 0.6 is 11.6 Å². The zero-order valence-corrected chi connectivity index (χ0v) is 17.8. The molecule has 12 heteroatoms. The van der Waals surface area contributed by atoms with Crippen LogP contribution in [0.3, 0.4) is 0 Å². The average molecular weight is 459 g/mol. The molecule has 164 valence electrons. The van der Waals surface area contributed by atoms with Gasteiger partial charge in [-0.3, -0.25) is 4.79 Å². The van der Waals surface area contributed by atoms with Gasteiger partial charge in [-0.2, -0.15) is 15.3 Å². The first-order valence-corrected chi connectivity index (χ1v) is 10.1. The van der Waals surface area contributed by atoms with Gasteiger partial charge < -0.3 is 5.32 Å². The molecule has 0 unspecified atom stereocenters. The van der Waals surface area contributed by atoms with E-state index in [2.05, 4.69) is 30.6 Å². The van der Waals surface area contributed by atoms with Crippen LogP contribution in [-0.2, 0) is 10.2 Å². The Morgan fingerprint density at radius 3 is 2.66 bits per heavy atom. The number of halogens is 3. The van der Waals surface area contributed by atoms with E-state index in [1.54, 1.807) is 12.3 Å². The summed E-state index contributed by atoms with van der Waals surface area (Å²) in [5.74, 6) is -0.480. The second-order valence-corrected chi connectivity index (χ2v) is 8.59. The van der Waals surface area contributed by atoms with Gasteiger partial charge in [0, 0.05) is 23.2 Å². The number of carbonyl (C=O) groups is 1. The number of aromatic nitrogens is 7. The molecule has 0 spiro atoms. The summed E-state index contributed by atoms with van der Waals surface area (Å²) in [5, 5.41) is 15.1. The summed E-state index contributed by atoms with van der Waals surface area (Å²) in [5.41, 5.74) is 1.27. The number of amides is 1. The Kier molecular flexibility index (Phi) is 4.66. The minimum atomic E-state index is -2.70. The van der Waals surface area contributed by atoms with Crippen molar-refractivity contribution in [2.24, 2.45) is 0 Å². The molecule has 0 radical (unpaired) electrons. The molecule has 5 rings (SSSR count). The minimum Gasteiger partial charge on any atom is -0.324 e. The molecule has 1 N–H and O–H groups in total. The number of nitrogens with one attached hydrogen (secondary N) is 1. The number of anilines is 1. The molecule has 1 aliphatic rings. The maximum atomic E-state index is 13.2. The van der Waals surface area contributed by atoms with E-state index in [9.17, 15) is 13.6 Å². The molecule has 4 aromatic rings. The van der Waals surface area contributed by atoms with Gasteiger partial charge in [-0.1, -0.05) is 25.4 Å². The summed E-state index contributed by atoms with van der Waals surface area (Å²) in [7, 11) is 0. The summed E-state index contributed by atoms with van der Waals surface area (Å²) in [6.07, 6.45) is 3.80. The van der Waals surface area contributed by atoms with Crippen molar-refractivity contribution in [1.82, 2.24) is 34.6 Å². The molecule has 4 aromatic heterocycles. The molecule has 1 amide bonds. The van der Waals surface area contributed by atoms with Gasteiger partial charge in [-0.15, -0.1) is 4.80 Å². The van der Waals surface area contributed by atoms with Crippen LogP contribution in [0.25, 0.3) is 11.5 Å². The molecule has 1 aliphatic carbocycles. The van der Waals surface area contributed by atoms with Gasteiger partial charge in [0.1, 0.15) is 5.69 Å². The van der Waals surface area contributed by atoms with Crippen LogP contribution in [0.5, 0.6) is 0 Å². The zero-order chi connectivity index (χ0) is 22.6. The maximum absolute atomic E-state index is 13.2. The van der Waals surface area contributed by atoms with Crippen LogP contribution in [0.15, 0.2) is 36.9 Å². The molecule has 0 saturated carbocycles. The second-order valence-electron chi connectivity index (χ2n) is 8.18. The van der Waals surface area contributed by atoms with E-state index in [4.69, 9.17) is 11.6 Å². The third kappa shape index (κ3) is 3.29. The van der Waals surface area contributed by atoms with Crippen LogP contribution in [0.2, 0.25) is 5.02 Å². The van der Waals surface area contributed by atoms with Crippen LogP contribution in [0, 0.1) is 0 Å². The fourth-order valence-corrected chi connectivity index (χ4v) is 4.40. The molecule has 0 bridgehead atoms. The number of pyridine rings is 1. The van der Waals surface area contributed by atoms with Crippen LogP contribution < -0.4 is 5.32 Å². The number of carbonyl (C=O) groups excluding carboxylic acids is 1. The monoisotopic (exact) mass is 458 g/mol. The van der Waals surface area contributed by atoms with Crippen molar-refractivity contribution in [3.63, 3.8) is 0 Å². The zero-order valence-electron chi connectivity index (χ0n) is 17.0. The molecule has 32 heavy (non-hydrogen) atoms. The van der Waals surface area contributed by atoms with Crippen LogP contribution in [0.1, 0.15) is 49.6 Å². The lowest BCUT2D eigenvalue weighted by atomic mass is 9.88. The number of fused-ring (bicyclic) bond motifs is 3. The Morgan fingerprint density at radius 1 is 1.22 bits per heavy atom. The minimum absolute atomic E-state index is 0.269. The first-order valence-electron chi connectivity index (χ1n) is 9.75. The van der Waals surface area contributed by atoms with E-state index < -0.39 is 17.8 Å². The average Bonchev–Trinajstić information content (AvgIpc) is 3.45. The second kappa shape index (κ2) is 7.30.